The van der Waals surface area contributed by atoms with Gasteiger partial charge in [0.25, 0.3) is 0 Å². The number of fused-ring (bicyclic) bond motifs is 1. The van der Waals surface area contributed by atoms with Gasteiger partial charge in [-0.2, -0.15) is 0 Å². The van der Waals surface area contributed by atoms with Crippen LogP contribution in [0, 0.1) is 5.92 Å². The fraction of sp³-hybridized carbons (Fsp3) is 0.444. The minimum Gasteiger partial charge on any atom is -0.395 e. The van der Waals surface area contributed by atoms with E-state index in [4.69, 9.17) is 0 Å². The Morgan fingerprint density at radius 3 is 2.40 bits per heavy atom. The van der Waals surface area contributed by atoms with Crippen LogP contribution in [-0.2, 0) is 0 Å². The highest BCUT2D eigenvalue weighted by molar-refractivity contribution is 5.66. The number of halogens is 2. The van der Waals surface area contributed by atoms with Gasteiger partial charge < -0.3 is 14.8 Å². The molecule has 1 aliphatic carbocycles. The van der Waals surface area contributed by atoms with Crippen molar-refractivity contribution in [1.82, 2.24) is 9.97 Å². The number of rotatable bonds is 3. The van der Waals surface area contributed by atoms with Crippen molar-refractivity contribution >= 4 is 5.95 Å². The fourth-order valence-corrected chi connectivity index (χ4v) is 3.27. The van der Waals surface area contributed by atoms with E-state index < -0.39 is 6.29 Å². The van der Waals surface area contributed by atoms with Crippen LogP contribution in [0.1, 0.15) is 32.6 Å². The van der Waals surface area contributed by atoms with Crippen LogP contribution in [0.3, 0.4) is 0 Å². The lowest BCUT2D eigenvalue weighted by molar-refractivity contribution is -0.286. The lowest BCUT2D eigenvalue weighted by atomic mass is 9.87. The van der Waals surface area contributed by atoms with Crippen LogP contribution in [-0.4, -0.2) is 22.3 Å². The second-order valence-corrected chi connectivity index (χ2v) is 6.73. The lowest BCUT2D eigenvalue weighted by Crippen LogP contribution is -2.26. The van der Waals surface area contributed by atoms with Crippen LogP contribution in [0.15, 0.2) is 30.6 Å². The molecule has 2 aliphatic rings. The number of aromatic nitrogens is 2. The Morgan fingerprint density at radius 1 is 1.00 bits per heavy atom. The number of nitrogens with zero attached hydrogens (tertiary/aromatic N) is 2. The maximum absolute atomic E-state index is 13.1. The highest BCUT2D eigenvalue weighted by atomic mass is 19.3. The number of hydrogen-bond acceptors (Lipinski definition) is 5. The number of benzene rings is 1. The number of alkyl halides is 2. The van der Waals surface area contributed by atoms with Gasteiger partial charge >= 0.3 is 6.29 Å². The van der Waals surface area contributed by atoms with Crippen molar-refractivity contribution in [2.24, 2.45) is 5.92 Å². The Labute approximate surface area is 144 Å². The molecule has 1 fully saturated rings. The van der Waals surface area contributed by atoms with E-state index in [-0.39, 0.29) is 11.5 Å². The van der Waals surface area contributed by atoms with Crippen LogP contribution in [0.2, 0.25) is 0 Å². The lowest BCUT2D eigenvalue weighted by Gasteiger charge is -2.26. The molecule has 1 N–H and O–H groups in total. The van der Waals surface area contributed by atoms with Crippen molar-refractivity contribution in [1.29, 1.82) is 0 Å². The van der Waals surface area contributed by atoms with Crippen molar-refractivity contribution in [2.75, 3.05) is 5.32 Å². The predicted molar refractivity (Wildman–Crippen MR) is 88.7 cm³/mol. The van der Waals surface area contributed by atoms with E-state index in [2.05, 4.69) is 31.7 Å². The zero-order chi connectivity index (χ0) is 17.4. The first kappa shape index (κ1) is 16.1. The second-order valence-electron chi connectivity index (χ2n) is 6.73. The average Bonchev–Trinajstić information content (AvgIpc) is 2.90. The average molecular weight is 347 g/mol. The van der Waals surface area contributed by atoms with Crippen molar-refractivity contribution in [3.8, 4) is 22.6 Å². The summed E-state index contributed by atoms with van der Waals surface area (Å²) in [5.74, 6) is 1.43. The minimum atomic E-state index is -3.61. The first-order chi connectivity index (χ1) is 12.0. The van der Waals surface area contributed by atoms with E-state index in [9.17, 15) is 8.78 Å². The number of hydrogen-bond donors (Lipinski definition) is 1. The van der Waals surface area contributed by atoms with E-state index in [1.54, 1.807) is 18.5 Å². The molecule has 0 saturated heterocycles. The van der Waals surface area contributed by atoms with Gasteiger partial charge in [0.1, 0.15) is 0 Å². The standard InChI is InChI=1S/C18H19F2N3O2/c1-11-2-5-14(6-3-11)23-17-21-9-13(10-22-17)12-4-7-15-16(8-12)25-18(19,20)24-15/h4,7-11,14H,2-3,5-6H2,1H3,(H,21,22,23)/t11-,14-. The summed E-state index contributed by atoms with van der Waals surface area (Å²) in [4.78, 5) is 8.70. The molecule has 1 aromatic heterocycles. The smallest absolute Gasteiger partial charge is 0.395 e. The summed E-state index contributed by atoms with van der Waals surface area (Å²) in [6, 6.07) is 5.05. The van der Waals surface area contributed by atoms with Gasteiger partial charge in [-0.1, -0.05) is 13.0 Å². The Morgan fingerprint density at radius 2 is 1.68 bits per heavy atom. The zero-order valence-electron chi connectivity index (χ0n) is 13.8. The van der Waals surface area contributed by atoms with E-state index in [1.807, 2.05) is 0 Å². The van der Waals surface area contributed by atoms with Crippen LogP contribution >= 0.6 is 0 Å². The van der Waals surface area contributed by atoms with Crippen LogP contribution in [0.4, 0.5) is 14.7 Å². The summed E-state index contributed by atoms with van der Waals surface area (Å²) in [5.41, 5.74) is 1.42. The molecule has 0 atom stereocenters. The molecule has 25 heavy (non-hydrogen) atoms. The molecule has 2 aromatic rings. The zero-order valence-corrected chi connectivity index (χ0v) is 13.8. The summed E-state index contributed by atoms with van der Waals surface area (Å²) < 4.78 is 35.1. The summed E-state index contributed by atoms with van der Waals surface area (Å²) in [5, 5.41) is 3.37. The summed E-state index contributed by atoms with van der Waals surface area (Å²) >= 11 is 0. The van der Waals surface area contributed by atoms with Gasteiger partial charge in [0, 0.05) is 24.0 Å². The van der Waals surface area contributed by atoms with Gasteiger partial charge in [-0.15, -0.1) is 8.78 Å². The Hall–Kier alpha value is -2.44. The van der Waals surface area contributed by atoms with Crippen molar-refractivity contribution in [3.63, 3.8) is 0 Å². The first-order valence-electron chi connectivity index (χ1n) is 8.47. The van der Waals surface area contributed by atoms with Gasteiger partial charge in [0.15, 0.2) is 11.5 Å². The van der Waals surface area contributed by atoms with Gasteiger partial charge in [0.2, 0.25) is 5.95 Å². The van der Waals surface area contributed by atoms with Crippen LogP contribution < -0.4 is 14.8 Å². The first-order valence-corrected chi connectivity index (χ1v) is 8.47. The van der Waals surface area contributed by atoms with E-state index in [1.165, 1.54) is 25.0 Å². The highest BCUT2D eigenvalue weighted by Gasteiger charge is 2.43. The van der Waals surface area contributed by atoms with Crippen molar-refractivity contribution in [2.45, 2.75) is 44.9 Å². The molecule has 0 amide bonds. The molecule has 1 saturated carbocycles. The molecule has 0 bridgehead atoms. The summed E-state index contributed by atoms with van der Waals surface area (Å²) in [6.45, 7) is 2.28. The van der Waals surface area contributed by atoms with Crippen molar-refractivity contribution < 1.29 is 18.3 Å². The second kappa shape index (κ2) is 6.13. The third-order valence-corrected chi connectivity index (χ3v) is 4.74. The molecule has 4 rings (SSSR count). The quantitative estimate of drug-likeness (QED) is 0.889. The summed E-state index contributed by atoms with van der Waals surface area (Å²) in [6.07, 6.45) is 4.44. The largest absolute Gasteiger partial charge is 0.586 e. The maximum Gasteiger partial charge on any atom is 0.586 e. The topological polar surface area (TPSA) is 56.3 Å². The minimum absolute atomic E-state index is 0.0148. The number of anilines is 1. The molecular formula is C18H19F2N3O2. The fourth-order valence-electron chi connectivity index (χ4n) is 3.27. The normalized spacial score (nSPS) is 24.1. The molecule has 132 valence electrons. The molecule has 1 aliphatic heterocycles. The van der Waals surface area contributed by atoms with Gasteiger partial charge in [-0.3, -0.25) is 0 Å². The predicted octanol–water partition coefficient (Wildman–Crippen LogP) is 4.46. The molecule has 7 heteroatoms. The third-order valence-electron chi connectivity index (χ3n) is 4.74. The Balaban J connectivity index is 1.46. The highest BCUT2D eigenvalue weighted by Crippen LogP contribution is 2.42. The Kier molecular flexibility index (Phi) is 3.94. The maximum atomic E-state index is 13.1. The number of ether oxygens (including phenoxy) is 2. The van der Waals surface area contributed by atoms with Gasteiger partial charge in [-0.05, 0) is 49.3 Å². The molecule has 0 unspecified atom stereocenters. The molecule has 0 spiro atoms. The monoisotopic (exact) mass is 347 g/mol. The third kappa shape index (κ3) is 3.50. The molecular weight excluding hydrogens is 328 g/mol. The molecule has 2 heterocycles. The molecule has 0 radical (unpaired) electrons. The van der Waals surface area contributed by atoms with E-state index in [0.29, 0.717) is 17.6 Å². The van der Waals surface area contributed by atoms with Gasteiger partial charge in [-0.25, -0.2) is 9.97 Å². The molecule has 1 aromatic carbocycles. The van der Waals surface area contributed by atoms with Crippen molar-refractivity contribution in [3.05, 3.63) is 30.6 Å². The van der Waals surface area contributed by atoms with E-state index >= 15 is 0 Å². The van der Waals surface area contributed by atoms with Crippen LogP contribution in [0.25, 0.3) is 11.1 Å². The number of nitrogens with one attached hydrogen (secondary N) is 1. The van der Waals surface area contributed by atoms with E-state index in [0.717, 1.165) is 24.3 Å². The Bertz CT molecular complexity index is 759. The summed E-state index contributed by atoms with van der Waals surface area (Å²) in [7, 11) is 0. The van der Waals surface area contributed by atoms with Crippen LogP contribution in [0.5, 0.6) is 11.5 Å². The SMILES string of the molecule is C[C@H]1CC[C@H](Nc2ncc(-c3ccc4c(c3)OC(F)(F)O4)cn2)CC1. The van der Waals surface area contributed by atoms with Gasteiger partial charge in [0.05, 0.1) is 0 Å². The molecule has 5 nitrogen and oxygen atoms in total.